The molecular weight excluding hydrogens is 374 g/mol. The van der Waals surface area contributed by atoms with Crippen LogP contribution in [-0.4, -0.2) is 44.3 Å². The highest BCUT2D eigenvalue weighted by molar-refractivity contribution is 5.89. The van der Waals surface area contributed by atoms with E-state index in [9.17, 15) is 4.79 Å². The van der Waals surface area contributed by atoms with Gasteiger partial charge in [-0.3, -0.25) is 9.97 Å². The van der Waals surface area contributed by atoms with Crippen LogP contribution in [-0.2, 0) is 0 Å². The number of hydrogen-bond acceptors (Lipinski definition) is 4. The number of aromatic nitrogens is 4. The van der Waals surface area contributed by atoms with E-state index >= 15 is 0 Å². The molecule has 1 saturated heterocycles. The summed E-state index contributed by atoms with van der Waals surface area (Å²) in [7, 11) is 0. The molecule has 0 radical (unpaired) electrons. The average Bonchev–Trinajstić information content (AvgIpc) is 3.19. The largest absolute Gasteiger partial charge is 0.348 e. The summed E-state index contributed by atoms with van der Waals surface area (Å²) < 4.78 is 1.51. The summed E-state index contributed by atoms with van der Waals surface area (Å²) in [5.74, 6) is 2.04. The summed E-state index contributed by atoms with van der Waals surface area (Å²) in [6.45, 7) is 3.35. The number of aromatic amines is 1. The third-order valence-electron chi connectivity index (χ3n) is 6.99. The zero-order chi connectivity index (χ0) is 20.3. The number of hydrogen-bond donors (Lipinski definition) is 1. The number of nitrogens with zero attached hydrogens (tertiary/aromatic N) is 4. The molecular formula is C24H31N5O. The fourth-order valence-corrected chi connectivity index (χ4v) is 5.29. The molecule has 1 saturated carbocycles. The molecule has 5 rings (SSSR count). The number of pyridine rings is 1. The van der Waals surface area contributed by atoms with Gasteiger partial charge in [-0.15, -0.1) is 5.10 Å². The number of likely N-dealkylation sites (tertiary alicyclic amines) is 1. The molecule has 30 heavy (non-hydrogen) atoms. The SMILES string of the molecule is O=c1[nH]c(C2CCCN(CCC3CCCCC3)C2)nn1-c1cccc2ccncc12. The van der Waals surface area contributed by atoms with Crippen molar-refractivity contribution in [3.8, 4) is 5.69 Å². The van der Waals surface area contributed by atoms with Crippen LogP contribution in [0.15, 0.2) is 41.5 Å². The maximum Gasteiger partial charge on any atom is 0.348 e. The van der Waals surface area contributed by atoms with E-state index in [-0.39, 0.29) is 5.69 Å². The molecule has 2 aromatic heterocycles. The summed E-state index contributed by atoms with van der Waals surface area (Å²) in [6.07, 6.45) is 14.2. The summed E-state index contributed by atoms with van der Waals surface area (Å²) in [4.78, 5) is 22.6. The van der Waals surface area contributed by atoms with Crippen LogP contribution in [0, 0.1) is 5.92 Å². The number of H-pyrrole nitrogens is 1. The van der Waals surface area contributed by atoms with Crippen LogP contribution in [0.25, 0.3) is 16.5 Å². The predicted octanol–water partition coefficient (Wildman–Crippen LogP) is 4.26. The van der Waals surface area contributed by atoms with E-state index in [1.165, 1.54) is 62.7 Å². The molecule has 1 atom stereocenters. The summed E-state index contributed by atoms with van der Waals surface area (Å²) in [6, 6.07) is 7.90. The van der Waals surface area contributed by atoms with E-state index < -0.39 is 0 Å². The minimum Gasteiger partial charge on any atom is -0.303 e. The molecule has 6 nitrogen and oxygen atoms in total. The Labute approximate surface area is 177 Å². The van der Waals surface area contributed by atoms with Gasteiger partial charge in [0.15, 0.2) is 0 Å². The maximum absolute atomic E-state index is 12.8. The van der Waals surface area contributed by atoms with Crippen molar-refractivity contribution in [2.45, 2.75) is 57.3 Å². The van der Waals surface area contributed by atoms with E-state index in [0.717, 1.165) is 41.2 Å². The Morgan fingerprint density at radius 1 is 1.07 bits per heavy atom. The Morgan fingerprint density at radius 2 is 1.97 bits per heavy atom. The van der Waals surface area contributed by atoms with Crippen molar-refractivity contribution in [3.05, 3.63) is 53.0 Å². The highest BCUT2D eigenvalue weighted by Crippen LogP contribution is 2.29. The normalized spacial score (nSPS) is 21.3. The number of piperidine rings is 1. The number of benzene rings is 1. The van der Waals surface area contributed by atoms with Crippen LogP contribution in [0.1, 0.15) is 63.1 Å². The fraction of sp³-hybridized carbons (Fsp3) is 0.542. The average molecular weight is 406 g/mol. The topological polar surface area (TPSA) is 66.8 Å². The van der Waals surface area contributed by atoms with Crippen molar-refractivity contribution >= 4 is 10.8 Å². The van der Waals surface area contributed by atoms with E-state index in [0.29, 0.717) is 5.92 Å². The molecule has 1 aromatic carbocycles. The third-order valence-corrected chi connectivity index (χ3v) is 6.99. The van der Waals surface area contributed by atoms with Crippen LogP contribution in [0.3, 0.4) is 0 Å². The first-order valence-corrected chi connectivity index (χ1v) is 11.5. The third kappa shape index (κ3) is 4.06. The maximum atomic E-state index is 12.8. The van der Waals surface area contributed by atoms with Crippen LogP contribution in [0.4, 0.5) is 0 Å². The quantitative estimate of drug-likeness (QED) is 0.689. The molecule has 0 spiro atoms. The summed E-state index contributed by atoms with van der Waals surface area (Å²) in [5, 5.41) is 6.74. The molecule has 1 aliphatic carbocycles. The minimum atomic E-state index is -0.166. The lowest BCUT2D eigenvalue weighted by Gasteiger charge is -2.33. The van der Waals surface area contributed by atoms with Crippen LogP contribution >= 0.6 is 0 Å². The first-order valence-electron chi connectivity index (χ1n) is 11.5. The Balaban J connectivity index is 1.32. The van der Waals surface area contributed by atoms with Crippen molar-refractivity contribution in [2.75, 3.05) is 19.6 Å². The van der Waals surface area contributed by atoms with E-state index in [1.807, 2.05) is 24.3 Å². The first kappa shape index (κ1) is 19.5. The Bertz CT molecular complexity index is 1040. The fourth-order valence-electron chi connectivity index (χ4n) is 5.29. The van der Waals surface area contributed by atoms with Gasteiger partial charge in [-0.25, -0.2) is 4.79 Å². The van der Waals surface area contributed by atoms with Gasteiger partial charge in [0.1, 0.15) is 5.82 Å². The van der Waals surface area contributed by atoms with Gasteiger partial charge in [0.2, 0.25) is 0 Å². The van der Waals surface area contributed by atoms with Crippen molar-refractivity contribution in [1.82, 2.24) is 24.6 Å². The zero-order valence-corrected chi connectivity index (χ0v) is 17.6. The van der Waals surface area contributed by atoms with E-state index in [4.69, 9.17) is 5.10 Å². The molecule has 3 heterocycles. The molecule has 2 aliphatic rings. The number of fused-ring (bicyclic) bond motifs is 1. The predicted molar refractivity (Wildman–Crippen MR) is 119 cm³/mol. The highest BCUT2D eigenvalue weighted by atomic mass is 16.1. The Morgan fingerprint density at radius 3 is 2.87 bits per heavy atom. The van der Waals surface area contributed by atoms with Crippen LogP contribution in [0.5, 0.6) is 0 Å². The molecule has 6 heteroatoms. The lowest BCUT2D eigenvalue weighted by molar-refractivity contribution is 0.182. The molecule has 1 unspecified atom stereocenters. The summed E-state index contributed by atoms with van der Waals surface area (Å²) in [5.41, 5.74) is 0.624. The Kier molecular flexibility index (Phi) is 5.67. The number of nitrogens with one attached hydrogen (secondary N) is 1. The van der Waals surface area contributed by atoms with Crippen molar-refractivity contribution in [3.63, 3.8) is 0 Å². The molecule has 0 amide bonds. The lowest BCUT2D eigenvalue weighted by Crippen LogP contribution is -2.36. The monoisotopic (exact) mass is 405 g/mol. The van der Waals surface area contributed by atoms with Crippen molar-refractivity contribution < 1.29 is 0 Å². The first-order chi connectivity index (χ1) is 14.8. The van der Waals surface area contributed by atoms with Crippen LogP contribution in [0.2, 0.25) is 0 Å². The van der Waals surface area contributed by atoms with Gasteiger partial charge < -0.3 is 4.90 Å². The Hall–Kier alpha value is -2.47. The lowest BCUT2D eigenvalue weighted by atomic mass is 9.86. The molecule has 3 aromatic rings. The molecule has 1 aliphatic heterocycles. The second kappa shape index (κ2) is 8.72. The molecule has 1 N–H and O–H groups in total. The van der Waals surface area contributed by atoms with Crippen LogP contribution < -0.4 is 5.69 Å². The van der Waals surface area contributed by atoms with Gasteiger partial charge in [-0.05, 0) is 55.8 Å². The molecule has 2 fully saturated rings. The molecule has 0 bridgehead atoms. The second-order valence-corrected chi connectivity index (χ2v) is 9.03. The number of rotatable bonds is 5. The van der Waals surface area contributed by atoms with Gasteiger partial charge in [-0.1, -0.05) is 44.2 Å². The van der Waals surface area contributed by atoms with Crippen molar-refractivity contribution in [1.29, 1.82) is 0 Å². The summed E-state index contributed by atoms with van der Waals surface area (Å²) >= 11 is 0. The van der Waals surface area contributed by atoms with E-state index in [1.54, 1.807) is 12.4 Å². The van der Waals surface area contributed by atoms with Gasteiger partial charge in [-0.2, -0.15) is 4.68 Å². The van der Waals surface area contributed by atoms with Gasteiger partial charge >= 0.3 is 5.69 Å². The highest BCUT2D eigenvalue weighted by Gasteiger charge is 2.26. The van der Waals surface area contributed by atoms with E-state index in [2.05, 4.69) is 14.9 Å². The minimum absolute atomic E-state index is 0.166. The molecule has 158 valence electrons. The second-order valence-electron chi connectivity index (χ2n) is 9.03. The standard InChI is InChI=1S/C24H31N5O/c30-24-26-23(27-29(24)22-10-4-8-19-11-13-25-16-21(19)22)20-9-5-14-28(17-20)15-12-18-6-2-1-3-7-18/h4,8,10-11,13,16,18,20H,1-3,5-7,9,12,14-15,17H2,(H,26,27,30). The van der Waals surface area contributed by atoms with Gasteiger partial charge in [0.05, 0.1) is 5.69 Å². The zero-order valence-electron chi connectivity index (χ0n) is 17.6. The smallest absolute Gasteiger partial charge is 0.303 e. The van der Waals surface area contributed by atoms with Crippen molar-refractivity contribution in [2.24, 2.45) is 5.92 Å². The van der Waals surface area contributed by atoms with Gasteiger partial charge in [0, 0.05) is 30.2 Å². The van der Waals surface area contributed by atoms with Gasteiger partial charge in [0.25, 0.3) is 0 Å².